The predicted octanol–water partition coefficient (Wildman–Crippen LogP) is -0.233. The molecule has 1 fully saturated rings. The van der Waals surface area contributed by atoms with E-state index in [9.17, 15) is 9.59 Å². The molecule has 0 aromatic heterocycles. The summed E-state index contributed by atoms with van der Waals surface area (Å²) in [6, 6.07) is 0.123. The molecule has 0 saturated heterocycles. The highest BCUT2D eigenvalue weighted by molar-refractivity contribution is 7.99. The highest BCUT2D eigenvalue weighted by Crippen LogP contribution is 2.26. The molecule has 6 heteroatoms. The third-order valence-corrected chi connectivity index (χ3v) is 3.82. The number of hydrogen-bond donors (Lipinski definition) is 3. The summed E-state index contributed by atoms with van der Waals surface area (Å²) in [5.41, 5.74) is 1.82. The second kappa shape index (κ2) is 5.97. The summed E-state index contributed by atoms with van der Waals surface area (Å²) in [4.78, 5) is 22.0. The highest BCUT2D eigenvalue weighted by Gasteiger charge is 2.23. The number of thioether (sulfide) groups is 1. The number of rotatable bonds is 2. The van der Waals surface area contributed by atoms with Crippen LogP contribution >= 0.6 is 11.8 Å². The van der Waals surface area contributed by atoms with E-state index in [1.54, 1.807) is 0 Å². The molecule has 1 aliphatic carbocycles. The fraction of sp³-hybridized carbons (Fsp3) is 0.778. The maximum atomic E-state index is 11.2. The van der Waals surface area contributed by atoms with Crippen LogP contribution in [0.2, 0.25) is 0 Å². The molecule has 0 unspecified atom stereocenters. The zero-order valence-electron chi connectivity index (χ0n) is 8.79. The molecule has 2 amide bonds. The first kappa shape index (κ1) is 12.3. The van der Waals surface area contributed by atoms with Crippen molar-refractivity contribution in [3.8, 4) is 0 Å². The minimum Gasteiger partial charge on any atom is -0.345 e. The number of hydrogen-bond acceptors (Lipinski definition) is 4. The van der Waals surface area contributed by atoms with Crippen molar-refractivity contribution in [2.75, 3.05) is 6.26 Å². The van der Waals surface area contributed by atoms with Crippen molar-refractivity contribution < 1.29 is 9.59 Å². The van der Waals surface area contributed by atoms with Gasteiger partial charge in [-0.2, -0.15) is 11.8 Å². The SMILES string of the molecule is CSC1CCC(NC(=O)C(=O)NN)CC1. The Labute approximate surface area is 93.5 Å². The molecule has 0 aromatic carbocycles. The fourth-order valence-electron chi connectivity index (χ4n) is 1.76. The first-order valence-corrected chi connectivity index (χ1v) is 6.30. The van der Waals surface area contributed by atoms with Crippen LogP contribution in [-0.2, 0) is 9.59 Å². The van der Waals surface area contributed by atoms with E-state index in [0.717, 1.165) is 25.7 Å². The molecule has 0 spiro atoms. The van der Waals surface area contributed by atoms with Gasteiger partial charge in [0.2, 0.25) is 0 Å². The number of nitrogens with two attached hydrogens (primary N) is 1. The highest BCUT2D eigenvalue weighted by atomic mass is 32.2. The molecule has 0 aromatic rings. The fourth-order valence-corrected chi connectivity index (χ4v) is 2.50. The van der Waals surface area contributed by atoms with Gasteiger partial charge in [-0.1, -0.05) is 0 Å². The van der Waals surface area contributed by atoms with Crippen LogP contribution in [0.3, 0.4) is 0 Å². The van der Waals surface area contributed by atoms with Gasteiger partial charge in [0.1, 0.15) is 0 Å². The van der Waals surface area contributed by atoms with E-state index >= 15 is 0 Å². The molecule has 15 heavy (non-hydrogen) atoms. The molecule has 0 atom stereocenters. The lowest BCUT2D eigenvalue weighted by Crippen LogP contribution is -2.47. The third kappa shape index (κ3) is 3.71. The van der Waals surface area contributed by atoms with Gasteiger partial charge in [-0.15, -0.1) is 0 Å². The number of carbonyl (C=O) groups excluding carboxylic acids is 2. The third-order valence-electron chi connectivity index (χ3n) is 2.68. The smallest absolute Gasteiger partial charge is 0.323 e. The van der Waals surface area contributed by atoms with Crippen LogP contribution < -0.4 is 16.6 Å². The summed E-state index contributed by atoms with van der Waals surface area (Å²) in [6.07, 6.45) is 6.17. The quantitative estimate of drug-likeness (QED) is 0.265. The molecule has 1 saturated carbocycles. The average molecular weight is 231 g/mol. The second-order valence-corrected chi connectivity index (χ2v) is 4.79. The van der Waals surface area contributed by atoms with Crippen LogP contribution in [0, 0.1) is 0 Å². The minimum absolute atomic E-state index is 0.123. The molecule has 86 valence electrons. The van der Waals surface area contributed by atoms with Crippen LogP contribution in [-0.4, -0.2) is 29.4 Å². The molecule has 0 bridgehead atoms. The first-order chi connectivity index (χ1) is 7.17. The van der Waals surface area contributed by atoms with Crippen LogP contribution in [0.4, 0.5) is 0 Å². The Bertz CT molecular complexity index is 240. The van der Waals surface area contributed by atoms with E-state index in [2.05, 4.69) is 11.6 Å². The van der Waals surface area contributed by atoms with Crippen LogP contribution in [0.25, 0.3) is 0 Å². The maximum Gasteiger partial charge on any atom is 0.323 e. The van der Waals surface area contributed by atoms with Gasteiger partial charge in [-0.3, -0.25) is 15.0 Å². The van der Waals surface area contributed by atoms with Crippen LogP contribution in [0.1, 0.15) is 25.7 Å². The standard InChI is InChI=1S/C9H17N3O2S/c1-15-7-4-2-6(3-5-7)11-8(13)9(14)12-10/h6-7H,2-5,10H2,1H3,(H,11,13)(H,12,14). The van der Waals surface area contributed by atoms with E-state index in [-0.39, 0.29) is 6.04 Å². The van der Waals surface area contributed by atoms with Gasteiger partial charge in [-0.05, 0) is 31.9 Å². The normalized spacial score (nSPS) is 25.7. The Hall–Kier alpha value is -0.750. The Morgan fingerprint density at radius 3 is 2.27 bits per heavy atom. The molecule has 1 aliphatic rings. The van der Waals surface area contributed by atoms with E-state index < -0.39 is 11.8 Å². The van der Waals surface area contributed by atoms with E-state index in [1.165, 1.54) is 0 Å². The molecular weight excluding hydrogens is 214 g/mol. The molecule has 4 N–H and O–H groups in total. The molecule has 1 rings (SSSR count). The van der Waals surface area contributed by atoms with Crippen molar-refractivity contribution in [2.45, 2.75) is 37.0 Å². The minimum atomic E-state index is -0.776. The Morgan fingerprint density at radius 2 is 1.80 bits per heavy atom. The number of hydrazine groups is 1. The summed E-state index contributed by atoms with van der Waals surface area (Å²) in [6.45, 7) is 0. The van der Waals surface area contributed by atoms with Gasteiger partial charge >= 0.3 is 11.8 Å². The molecule has 0 heterocycles. The van der Waals surface area contributed by atoms with Crippen LogP contribution in [0.5, 0.6) is 0 Å². The Morgan fingerprint density at radius 1 is 1.20 bits per heavy atom. The summed E-state index contributed by atoms with van der Waals surface area (Å²) < 4.78 is 0. The summed E-state index contributed by atoms with van der Waals surface area (Å²) in [7, 11) is 0. The lowest BCUT2D eigenvalue weighted by molar-refractivity contribution is -0.139. The lowest BCUT2D eigenvalue weighted by Gasteiger charge is -2.27. The molecular formula is C9H17N3O2S. The predicted molar refractivity (Wildman–Crippen MR) is 60.0 cm³/mol. The maximum absolute atomic E-state index is 11.2. The zero-order chi connectivity index (χ0) is 11.3. The lowest BCUT2D eigenvalue weighted by atomic mass is 9.95. The second-order valence-electron chi connectivity index (χ2n) is 3.66. The molecule has 0 radical (unpaired) electrons. The van der Waals surface area contributed by atoms with Gasteiger partial charge in [-0.25, -0.2) is 5.84 Å². The number of nitrogens with one attached hydrogen (secondary N) is 2. The van der Waals surface area contributed by atoms with Crippen molar-refractivity contribution in [3.05, 3.63) is 0 Å². The topological polar surface area (TPSA) is 84.2 Å². The van der Waals surface area contributed by atoms with Crippen molar-refractivity contribution in [1.29, 1.82) is 0 Å². The molecule has 5 nitrogen and oxygen atoms in total. The van der Waals surface area contributed by atoms with Gasteiger partial charge < -0.3 is 5.32 Å². The molecule has 0 aliphatic heterocycles. The van der Waals surface area contributed by atoms with Gasteiger partial charge in [0, 0.05) is 11.3 Å². The zero-order valence-corrected chi connectivity index (χ0v) is 9.60. The van der Waals surface area contributed by atoms with Crippen molar-refractivity contribution in [2.24, 2.45) is 5.84 Å². The Kier molecular flexibility index (Phi) is 4.90. The first-order valence-electron chi connectivity index (χ1n) is 5.01. The van der Waals surface area contributed by atoms with Gasteiger partial charge in [0.15, 0.2) is 0 Å². The van der Waals surface area contributed by atoms with E-state index in [1.807, 2.05) is 17.2 Å². The summed E-state index contributed by atoms with van der Waals surface area (Å²) >= 11 is 1.87. The van der Waals surface area contributed by atoms with Gasteiger partial charge in [0.05, 0.1) is 0 Å². The van der Waals surface area contributed by atoms with E-state index in [4.69, 9.17) is 5.84 Å². The van der Waals surface area contributed by atoms with Crippen LogP contribution in [0.15, 0.2) is 0 Å². The average Bonchev–Trinajstić information content (AvgIpc) is 2.29. The monoisotopic (exact) mass is 231 g/mol. The largest absolute Gasteiger partial charge is 0.345 e. The summed E-state index contributed by atoms with van der Waals surface area (Å²) in [5.74, 6) is 3.45. The number of carbonyl (C=O) groups is 2. The van der Waals surface area contributed by atoms with Gasteiger partial charge in [0.25, 0.3) is 0 Å². The van der Waals surface area contributed by atoms with Crippen molar-refractivity contribution in [3.63, 3.8) is 0 Å². The van der Waals surface area contributed by atoms with Crippen molar-refractivity contribution in [1.82, 2.24) is 10.7 Å². The Balaban J connectivity index is 2.29. The van der Waals surface area contributed by atoms with E-state index in [0.29, 0.717) is 5.25 Å². The number of amides is 2. The van der Waals surface area contributed by atoms with Crippen molar-refractivity contribution >= 4 is 23.6 Å². The summed E-state index contributed by atoms with van der Waals surface area (Å²) in [5, 5.41) is 3.37.